The topological polar surface area (TPSA) is 157 Å². The summed E-state index contributed by atoms with van der Waals surface area (Å²) in [6.45, 7) is 0.724. The van der Waals surface area contributed by atoms with Gasteiger partial charge in [0.05, 0.1) is 11.4 Å². The van der Waals surface area contributed by atoms with Crippen molar-refractivity contribution < 1.29 is 18.0 Å². The molecule has 2 amide bonds. The van der Waals surface area contributed by atoms with E-state index in [0.29, 0.717) is 43.1 Å². The number of carbonyl (C=O) groups excluding carboxylic acids is 2. The van der Waals surface area contributed by atoms with Gasteiger partial charge in [0.15, 0.2) is 0 Å². The van der Waals surface area contributed by atoms with Gasteiger partial charge in [-0.1, -0.05) is 51.4 Å². The number of nitrogens with one attached hydrogen (secondary N) is 4. The van der Waals surface area contributed by atoms with Crippen molar-refractivity contribution in [3.05, 3.63) is 21.9 Å². The Kier molecular flexibility index (Phi) is 10.2. The van der Waals surface area contributed by atoms with E-state index in [-0.39, 0.29) is 23.7 Å². The predicted molar refractivity (Wildman–Crippen MR) is 149 cm³/mol. The lowest BCUT2D eigenvalue weighted by Crippen LogP contribution is -2.56. The molecule has 12 heteroatoms. The molecule has 6 N–H and O–H groups in total. The highest BCUT2D eigenvalue weighted by Crippen LogP contribution is 2.29. The van der Waals surface area contributed by atoms with E-state index < -0.39 is 22.3 Å². The van der Waals surface area contributed by atoms with Crippen LogP contribution < -0.4 is 20.5 Å². The summed E-state index contributed by atoms with van der Waals surface area (Å²) in [4.78, 5) is 30.0. The molecule has 2 aliphatic carbocycles. The minimum atomic E-state index is -3.87. The molecule has 0 aromatic carbocycles. The molecular weight excluding hydrogens is 524 g/mol. The van der Waals surface area contributed by atoms with Gasteiger partial charge in [-0.15, -0.1) is 11.3 Å². The number of hydrogen-bond donors (Lipinski definition) is 5. The SMILES string of the molecule is N=C(N)c1ccc(CNC(=O)C2CCCN2C(=O)C(CC2CCCCC2)NS(=O)(=O)NC2CCCCC2)s1. The van der Waals surface area contributed by atoms with E-state index in [9.17, 15) is 18.0 Å². The number of nitrogen functional groups attached to an aromatic ring is 1. The Bertz CT molecular complexity index is 1080. The fourth-order valence-electron chi connectivity index (χ4n) is 6.03. The molecule has 0 spiro atoms. The van der Waals surface area contributed by atoms with Crippen molar-refractivity contribution in [2.75, 3.05) is 6.54 Å². The summed E-state index contributed by atoms with van der Waals surface area (Å²) in [5, 5.41) is 10.5. The lowest BCUT2D eigenvalue weighted by atomic mass is 9.84. The summed E-state index contributed by atoms with van der Waals surface area (Å²) in [5.74, 6) is -0.269. The Morgan fingerprint density at radius 1 is 1.03 bits per heavy atom. The van der Waals surface area contributed by atoms with Crippen LogP contribution in [0, 0.1) is 11.3 Å². The third-order valence-electron chi connectivity index (χ3n) is 8.02. The van der Waals surface area contributed by atoms with Crippen LogP contribution in [0.25, 0.3) is 0 Å². The van der Waals surface area contributed by atoms with Gasteiger partial charge < -0.3 is 16.0 Å². The molecule has 3 fully saturated rings. The number of nitrogens with two attached hydrogens (primary N) is 1. The third kappa shape index (κ3) is 8.00. The first-order valence-corrected chi connectivity index (χ1v) is 16.3. The van der Waals surface area contributed by atoms with Gasteiger partial charge in [-0.05, 0) is 50.2 Å². The van der Waals surface area contributed by atoms with Crippen molar-refractivity contribution in [3.63, 3.8) is 0 Å². The van der Waals surface area contributed by atoms with E-state index in [1.165, 1.54) is 17.8 Å². The zero-order chi connectivity index (χ0) is 27.1. The normalized spacial score (nSPS) is 22.3. The van der Waals surface area contributed by atoms with Crippen molar-refractivity contribution in [3.8, 4) is 0 Å². The van der Waals surface area contributed by atoms with E-state index in [1.54, 1.807) is 11.0 Å². The van der Waals surface area contributed by atoms with E-state index in [1.807, 2.05) is 6.07 Å². The monoisotopic (exact) mass is 566 g/mol. The Morgan fingerprint density at radius 3 is 2.37 bits per heavy atom. The molecule has 4 rings (SSSR count). The molecule has 2 atom stereocenters. The fourth-order valence-corrected chi connectivity index (χ4v) is 8.15. The first-order chi connectivity index (χ1) is 18.2. The molecule has 0 bridgehead atoms. The quantitative estimate of drug-likeness (QED) is 0.206. The van der Waals surface area contributed by atoms with Crippen LogP contribution in [0.3, 0.4) is 0 Å². The van der Waals surface area contributed by atoms with Gasteiger partial charge >= 0.3 is 0 Å². The van der Waals surface area contributed by atoms with Crippen LogP contribution in [-0.4, -0.2) is 55.6 Å². The second kappa shape index (κ2) is 13.4. The number of amides is 2. The van der Waals surface area contributed by atoms with E-state index in [2.05, 4.69) is 14.8 Å². The van der Waals surface area contributed by atoms with Gasteiger partial charge in [0.2, 0.25) is 11.8 Å². The molecule has 3 aliphatic rings. The zero-order valence-corrected chi connectivity index (χ0v) is 23.7. The van der Waals surface area contributed by atoms with Crippen LogP contribution in [0.15, 0.2) is 12.1 Å². The molecule has 1 aromatic heterocycles. The molecule has 2 unspecified atom stereocenters. The third-order valence-corrected chi connectivity index (χ3v) is 10.4. The number of carbonyl (C=O) groups is 2. The number of nitrogens with zero attached hydrogens (tertiary/aromatic N) is 1. The average molecular weight is 567 g/mol. The van der Waals surface area contributed by atoms with Crippen LogP contribution in [0.1, 0.15) is 93.2 Å². The molecule has 2 heterocycles. The Labute approximate surface area is 230 Å². The molecule has 1 saturated heterocycles. The number of rotatable bonds is 11. The van der Waals surface area contributed by atoms with Crippen LogP contribution in [0.4, 0.5) is 0 Å². The highest BCUT2D eigenvalue weighted by molar-refractivity contribution is 7.87. The summed E-state index contributed by atoms with van der Waals surface area (Å²) in [6, 6.07) is 1.97. The molecule has 38 heavy (non-hydrogen) atoms. The molecule has 10 nitrogen and oxygen atoms in total. The maximum absolute atomic E-state index is 13.8. The molecule has 1 aliphatic heterocycles. The maximum Gasteiger partial charge on any atom is 0.277 e. The highest BCUT2D eigenvalue weighted by atomic mass is 32.2. The van der Waals surface area contributed by atoms with Gasteiger partial charge in [-0.3, -0.25) is 15.0 Å². The smallest absolute Gasteiger partial charge is 0.277 e. The van der Waals surface area contributed by atoms with Gasteiger partial charge in [-0.2, -0.15) is 17.9 Å². The Morgan fingerprint density at radius 2 is 1.71 bits per heavy atom. The largest absolute Gasteiger partial charge is 0.383 e. The first kappa shape index (κ1) is 29.0. The van der Waals surface area contributed by atoms with Crippen molar-refractivity contribution in [1.29, 1.82) is 5.41 Å². The van der Waals surface area contributed by atoms with E-state index in [0.717, 1.165) is 62.7 Å². The van der Waals surface area contributed by atoms with Crippen molar-refractivity contribution in [1.82, 2.24) is 19.7 Å². The van der Waals surface area contributed by atoms with Gasteiger partial charge in [0, 0.05) is 17.5 Å². The van der Waals surface area contributed by atoms with Crippen molar-refractivity contribution >= 4 is 39.2 Å². The minimum absolute atomic E-state index is 0.00965. The highest BCUT2D eigenvalue weighted by Gasteiger charge is 2.39. The predicted octanol–water partition coefficient (Wildman–Crippen LogP) is 2.74. The minimum Gasteiger partial charge on any atom is -0.383 e. The number of thiophene rings is 1. The lowest BCUT2D eigenvalue weighted by Gasteiger charge is -2.32. The molecule has 0 radical (unpaired) electrons. The van der Waals surface area contributed by atoms with Crippen LogP contribution >= 0.6 is 11.3 Å². The summed E-state index contributed by atoms with van der Waals surface area (Å²) >= 11 is 1.35. The Balaban J connectivity index is 1.42. The second-order valence-electron chi connectivity index (χ2n) is 11.0. The van der Waals surface area contributed by atoms with Crippen LogP contribution in [0.5, 0.6) is 0 Å². The molecule has 1 aromatic rings. The number of hydrogen-bond acceptors (Lipinski definition) is 6. The van der Waals surface area contributed by atoms with Gasteiger partial charge in [0.25, 0.3) is 10.2 Å². The standard InChI is InChI=1S/C26H42N6O4S2/c27-24(28)23-14-13-20(37-23)17-29-25(33)22-12-7-15-32(22)26(34)21(16-18-8-3-1-4-9-18)31-38(35,36)30-19-10-5-2-6-11-19/h13-14,18-19,21-22,30-31H,1-12,15-17H2,(H3,27,28)(H,29,33). The van der Waals surface area contributed by atoms with E-state index in [4.69, 9.17) is 11.1 Å². The number of amidine groups is 1. The summed E-state index contributed by atoms with van der Waals surface area (Å²) in [5.41, 5.74) is 5.53. The van der Waals surface area contributed by atoms with Crippen molar-refractivity contribution in [2.24, 2.45) is 11.7 Å². The van der Waals surface area contributed by atoms with Gasteiger partial charge in [-0.25, -0.2) is 0 Å². The molecule has 212 valence electrons. The maximum atomic E-state index is 13.8. The lowest BCUT2D eigenvalue weighted by molar-refractivity contribution is -0.140. The fraction of sp³-hybridized carbons (Fsp3) is 0.731. The average Bonchev–Trinajstić information content (AvgIpc) is 3.58. The summed E-state index contributed by atoms with van der Waals surface area (Å²) in [6.07, 6.45) is 11.8. The molecular formula is C26H42N6O4S2. The first-order valence-electron chi connectivity index (χ1n) is 14.0. The summed E-state index contributed by atoms with van der Waals surface area (Å²) in [7, 11) is -3.87. The second-order valence-corrected chi connectivity index (χ2v) is 13.6. The Hall–Kier alpha value is -2.02. The zero-order valence-electron chi connectivity index (χ0n) is 22.0. The van der Waals surface area contributed by atoms with Crippen molar-refractivity contribution in [2.45, 2.75) is 108 Å². The van der Waals surface area contributed by atoms with Gasteiger partial charge in [0.1, 0.15) is 17.9 Å². The van der Waals surface area contributed by atoms with Crippen LogP contribution in [0.2, 0.25) is 0 Å². The van der Waals surface area contributed by atoms with E-state index >= 15 is 0 Å². The number of likely N-dealkylation sites (tertiary alicyclic amines) is 1. The van der Waals surface area contributed by atoms with Crippen LogP contribution in [-0.2, 0) is 26.3 Å². The summed E-state index contributed by atoms with van der Waals surface area (Å²) < 4.78 is 31.7. The molecule has 2 saturated carbocycles.